The van der Waals surface area contributed by atoms with Gasteiger partial charge in [0.15, 0.2) is 0 Å². The maximum atomic E-state index is 13.7. The van der Waals surface area contributed by atoms with Gasteiger partial charge in [-0.05, 0) is 32.4 Å². The van der Waals surface area contributed by atoms with Gasteiger partial charge in [-0.1, -0.05) is 12.1 Å². The summed E-state index contributed by atoms with van der Waals surface area (Å²) in [7, 11) is 0. The Morgan fingerprint density at radius 3 is 2.67 bits per heavy atom. The molecule has 2 aliphatic heterocycles. The molecular weight excluding hydrogens is 275 g/mol. The van der Waals surface area contributed by atoms with Crippen molar-refractivity contribution in [3.63, 3.8) is 0 Å². The van der Waals surface area contributed by atoms with Gasteiger partial charge < -0.3 is 15.0 Å². The lowest BCUT2D eigenvalue weighted by molar-refractivity contribution is -0.126. The van der Waals surface area contributed by atoms with Crippen molar-refractivity contribution in [1.29, 1.82) is 0 Å². The molecule has 0 saturated carbocycles. The third-order valence-electron chi connectivity index (χ3n) is 3.78. The first-order valence-corrected chi connectivity index (χ1v) is 6.81. The molecule has 0 aliphatic carbocycles. The molecule has 0 atom stereocenters. The number of ether oxygens (including phenoxy) is 1. The monoisotopic (exact) mass is 292 g/mol. The maximum Gasteiger partial charge on any atom is 0.410 e. The Morgan fingerprint density at radius 1 is 1.38 bits per heavy atom. The number of nitrogens with one attached hydrogen (secondary N) is 1. The van der Waals surface area contributed by atoms with Crippen LogP contribution in [-0.2, 0) is 14.9 Å². The molecule has 0 aromatic heterocycles. The number of carbonyl (C=O) groups excluding carboxylic acids is 2. The molecule has 6 heteroatoms. The lowest BCUT2D eigenvalue weighted by atomic mass is 9.75. The fraction of sp³-hybridized carbons (Fsp3) is 0.467. The molecule has 112 valence electrons. The molecule has 2 heterocycles. The van der Waals surface area contributed by atoms with Crippen molar-refractivity contribution in [1.82, 2.24) is 4.90 Å². The first kappa shape index (κ1) is 13.9. The average molecular weight is 292 g/mol. The predicted molar refractivity (Wildman–Crippen MR) is 74.5 cm³/mol. The van der Waals surface area contributed by atoms with Crippen molar-refractivity contribution in [2.45, 2.75) is 31.8 Å². The van der Waals surface area contributed by atoms with Crippen LogP contribution in [0.3, 0.4) is 0 Å². The van der Waals surface area contributed by atoms with Gasteiger partial charge in [0.1, 0.15) is 16.8 Å². The first-order valence-electron chi connectivity index (χ1n) is 6.81. The number of nitrogens with zero attached hydrogens (tertiary/aromatic N) is 1. The third kappa shape index (κ3) is 2.05. The van der Waals surface area contributed by atoms with Crippen molar-refractivity contribution in [2.75, 3.05) is 18.4 Å². The maximum absolute atomic E-state index is 13.7. The number of fused-ring (bicyclic) bond motifs is 2. The summed E-state index contributed by atoms with van der Waals surface area (Å²) in [5.74, 6) is -0.712. The first-order chi connectivity index (χ1) is 9.73. The quantitative estimate of drug-likeness (QED) is 0.798. The highest BCUT2D eigenvalue weighted by Crippen LogP contribution is 2.45. The van der Waals surface area contributed by atoms with Gasteiger partial charge in [-0.15, -0.1) is 0 Å². The van der Waals surface area contributed by atoms with E-state index in [1.54, 1.807) is 32.9 Å². The van der Waals surface area contributed by atoms with E-state index in [1.165, 1.54) is 11.0 Å². The normalized spacial score (nSPS) is 19.0. The van der Waals surface area contributed by atoms with Crippen LogP contribution in [0.25, 0.3) is 0 Å². The minimum atomic E-state index is -0.839. The van der Waals surface area contributed by atoms with Crippen molar-refractivity contribution < 1.29 is 18.7 Å². The second kappa shape index (κ2) is 4.19. The Kier molecular flexibility index (Phi) is 2.77. The number of halogens is 1. The Bertz CT molecular complexity index is 630. The van der Waals surface area contributed by atoms with Gasteiger partial charge in [-0.3, -0.25) is 4.79 Å². The summed E-state index contributed by atoms with van der Waals surface area (Å²) in [5, 5.41) is 2.57. The minimum Gasteiger partial charge on any atom is -0.444 e. The van der Waals surface area contributed by atoms with Crippen LogP contribution in [0.4, 0.5) is 14.9 Å². The highest BCUT2D eigenvalue weighted by atomic mass is 19.1. The van der Waals surface area contributed by atoms with Crippen molar-refractivity contribution >= 4 is 17.7 Å². The minimum absolute atomic E-state index is 0.212. The predicted octanol–water partition coefficient (Wildman–Crippen LogP) is 2.27. The molecule has 2 aliphatic rings. The molecular formula is C15H17FN2O3. The van der Waals surface area contributed by atoms with Crippen LogP contribution in [0.2, 0.25) is 0 Å². The molecule has 1 spiro atoms. The zero-order chi connectivity index (χ0) is 15.4. The molecule has 1 saturated heterocycles. The zero-order valence-corrected chi connectivity index (χ0v) is 12.2. The van der Waals surface area contributed by atoms with Gasteiger partial charge in [0.2, 0.25) is 5.91 Å². The van der Waals surface area contributed by atoms with Crippen molar-refractivity contribution in [3.05, 3.63) is 29.6 Å². The Morgan fingerprint density at radius 2 is 2.05 bits per heavy atom. The standard InChI is InChI=1S/C15H17FN2O3/c1-14(2,3)21-13(20)18-7-15(8-18)9-5-4-6-10(16)11(9)17-12(15)19/h4-6H,7-8H2,1-3H3,(H,17,19). The fourth-order valence-electron chi connectivity index (χ4n) is 2.78. The molecule has 5 nitrogen and oxygen atoms in total. The van der Waals surface area contributed by atoms with E-state index in [-0.39, 0.29) is 24.7 Å². The second-order valence-electron chi connectivity index (χ2n) is 6.54. The molecule has 21 heavy (non-hydrogen) atoms. The van der Waals surface area contributed by atoms with E-state index in [2.05, 4.69) is 5.32 Å². The smallest absolute Gasteiger partial charge is 0.410 e. The summed E-state index contributed by atoms with van der Waals surface area (Å²) in [6.45, 7) is 5.78. The molecule has 1 N–H and O–H groups in total. The summed E-state index contributed by atoms with van der Waals surface area (Å²) >= 11 is 0. The molecule has 1 aromatic rings. The van der Waals surface area contributed by atoms with Gasteiger partial charge in [-0.2, -0.15) is 0 Å². The largest absolute Gasteiger partial charge is 0.444 e. The topological polar surface area (TPSA) is 58.6 Å². The summed E-state index contributed by atoms with van der Waals surface area (Å²) in [4.78, 5) is 25.6. The molecule has 2 amide bonds. The van der Waals surface area contributed by atoms with Crippen LogP contribution in [0, 0.1) is 5.82 Å². The van der Waals surface area contributed by atoms with Crippen LogP contribution in [0.15, 0.2) is 18.2 Å². The number of likely N-dealkylation sites (tertiary alicyclic amines) is 1. The van der Waals surface area contributed by atoms with Crippen molar-refractivity contribution in [3.8, 4) is 0 Å². The second-order valence-corrected chi connectivity index (χ2v) is 6.54. The number of hydrogen-bond donors (Lipinski definition) is 1. The number of hydrogen-bond acceptors (Lipinski definition) is 3. The van der Waals surface area contributed by atoms with Gasteiger partial charge in [-0.25, -0.2) is 9.18 Å². The van der Waals surface area contributed by atoms with Crippen LogP contribution in [-0.4, -0.2) is 35.6 Å². The Labute approximate surface area is 122 Å². The molecule has 0 bridgehead atoms. The SMILES string of the molecule is CC(C)(C)OC(=O)N1CC2(C1)C(=O)Nc1c(F)cccc12. The van der Waals surface area contributed by atoms with E-state index < -0.39 is 22.9 Å². The van der Waals surface area contributed by atoms with Crippen LogP contribution in [0.1, 0.15) is 26.3 Å². The van der Waals surface area contributed by atoms with E-state index >= 15 is 0 Å². The van der Waals surface area contributed by atoms with Crippen LogP contribution >= 0.6 is 0 Å². The van der Waals surface area contributed by atoms with Gasteiger partial charge in [0.25, 0.3) is 0 Å². The van der Waals surface area contributed by atoms with E-state index in [9.17, 15) is 14.0 Å². The molecule has 0 radical (unpaired) electrons. The third-order valence-corrected chi connectivity index (χ3v) is 3.78. The van der Waals surface area contributed by atoms with Crippen LogP contribution in [0.5, 0.6) is 0 Å². The Balaban J connectivity index is 1.80. The van der Waals surface area contributed by atoms with Gasteiger partial charge in [0.05, 0.1) is 5.69 Å². The number of para-hydroxylation sites is 1. The number of amides is 2. The lowest BCUT2D eigenvalue weighted by Gasteiger charge is -2.46. The lowest BCUT2D eigenvalue weighted by Crippen LogP contribution is -2.64. The van der Waals surface area contributed by atoms with E-state index in [0.717, 1.165) is 0 Å². The van der Waals surface area contributed by atoms with E-state index in [1.807, 2.05) is 0 Å². The number of benzene rings is 1. The van der Waals surface area contributed by atoms with E-state index in [4.69, 9.17) is 4.74 Å². The van der Waals surface area contributed by atoms with Gasteiger partial charge >= 0.3 is 6.09 Å². The Hall–Kier alpha value is -2.11. The molecule has 0 unspecified atom stereocenters. The fourth-order valence-corrected chi connectivity index (χ4v) is 2.78. The number of carbonyl (C=O) groups is 2. The average Bonchev–Trinajstić information content (AvgIpc) is 2.58. The summed E-state index contributed by atoms with van der Waals surface area (Å²) in [6.07, 6.45) is -0.453. The highest BCUT2D eigenvalue weighted by molar-refractivity contribution is 6.08. The summed E-state index contributed by atoms with van der Waals surface area (Å²) in [6, 6.07) is 4.61. The van der Waals surface area contributed by atoms with Crippen molar-refractivity contribution in [2.24, 2.45) is 0 Å². The molecule has 1 fully saturated rings. The van der Waals surface area contributed by atoms with Crippen LogP contribution < -0.4 is 5.32 Å². The zero-order valence-electron chi connectivity index (χ0n) is 12.2. The summed E-state index contributed by atoms with van der Waals surface area (Å²) < 4.78 is 19.0. The van der Waals surface area contributed by atoms with E-state index in [0.29, 0.717) is 5.56 Å². The molecule has 3 rings (SSSR count). The number of anilines is 1. The molecule has 1 aromatic carbocycles. The number of rotatable bonds is 0. The summed E-state index contributed by atoms with van der Waals surface area (Å²) in [5.41, 5.74) is -0.575. The highest BCUT2D eigenvalue weighted by Gasteiger charge is 2.57. The van der Waals surface area contributed by atoms with Gasteiger partial charge in [0, 0.05) is 13.1 Å².